The van der Waals surface area contributed by atoms with Gasteiger partial charge in [-0.05, 0) is 49.1 Å². The predicted molar refractivity (Wildman–Crippen MR) is 141 cm³/mol. The topological polar surface area (TPSA) is 80.7 Å². The maximum Gasteiger partial charge on any atom is 0.222 e. The summed E-state index contributed by atoms with van der Waals surface area (Å²) >= 11 is 0. The van der Waals surface area contributed by atoms with Crippen LogP contribution < -0.4 is 14.2 Å². The quantitative estimate of drug-likeness (QED) is 0.444. The third kappa shape index (κ3) is 8.31. The van der Waals surface area contributed by atoms with Crippen molar-refractivity contribution < 1.29 is 33.2 Å². The first-order valence-corrected chi connectivity index (χ1v) is 13.4. The van der Waals surface area contributed by atoms with Crippen molar-refractivity contribution in [3.8, 4) is 17.2 Å². The van der Waals surface area contributed by atoms with Crippen LogP contribution in [0.5, 0.6) is 17.2 Å². The number of halogens is 1. The maximum atomic E-state index is 13.5. The van der Waals surface area contributed by atoms with Crippen molar-refractivity contribution in [1.82, 2.24) is 9.80 Å². The molecule has 0 spiro atoms. The van der Waals surface area contributed by atoms with Crippen LogP contribution in [0, 0.1) is 5.82 Å². The number of amides is 1. The van der Waals surface area contributed by atoms with E-state index in [1.165, 1.54) is 12.1 Å². The molecule has 2 saturated heterocycles. The van der Waals surface area contributed by atoms with Gasteiger partial charge in [0.05, 0.1) is 26.9 Å². The minimum Gasteiger partial charge on any atom is -0.493 e. The van der Waals surface area contributed by atoms with Gasteiger partial charge in [0.25, 0.3) is 0 Å². The predicted octanol–water partition coefficient (Wildman–Crippen LogP) is 3.65. The maximum absolute atomic E-state index is 13.5. The SMILES string of the molecule is COc1cc(CN2CCOC[C@@](O)(COc3cccc(F)c3)C2)ccc1OCCCN1CCCCCC1=O. The third-order valence-corrected chi connectivity index (χ3v) is 6.88. The van der Waals surface area contributed by atoms with E-state index in [0.717, 1.165) is 37.8 Å². The largest absolute Gasteiger partial charge is 0.493 e. The molecule has 38 heavy (non-hydrogen) atoms. The molecule has 2 aliphatic heterocycles. The van der Waals surface area contributed by atoms with Crippen LogP contribution in [-0.2, 0) is 16.1 Å². The molecule has 2 aromatic carbocycles. The first-order valence-electron chi connectivity index (χ1n) is 13.4. The van der Waals surface area contributed by atoms with Crippen LogP contribution >= 0.6 is 0 Å². The molecule has 2 heterocycles. The van der Waals surface area contributed by atoms with Crippen molar-refractivity contribution >= 4 is 5.91 Å². The second kappa shape index (κ2) is 13.8. The highest BCUT2D eigenvalue weighted by Crippen LogP contribution is 2.29. The lowest BCUT2D eigenvalue weighted by atomic mass is 10.1. The van der Waals surface area contributed by atoms with E-state index in [4.69, 9.17) is 18.9 Å². The lowest BCUT2D eigenvalue weighted by Gasteiger charge is -2.30. The minimum atomic E-state index is -1.23. The fraction of sp³-hybridized carbons (Fsp3) is 0.552. The van der Waals surface area contributed by atoms with Gasteiger partial charge in [-0.2, -0.15) is 0 Å². The number of hydrogen-bond acceptors (Lipinski definition) is 7. The van der Waals surface area contributed by atoms with Gasteiger partial charge in [-0.25, -0.2) is 4.39 Å². The number of nitrogens with zero attached hydrogens (tertiary/aromatic N) is 2. The smallest absolute Gasteiger partial charge is 0.222 e. The average Bonchev–Trinajstić information content (AvgIpc) is 3.23. The Morgan fingerprint density at radius 2 is 1.97 bits per heavy atom. The number of carbonyl (C=O) groups excluding carboxylic acids is 1. The number of methoxy groups -OCH3 is 1. The summed E-state index contributed by atoms with van der Waals surface area (Å²) in [5.41, 5.74) is -0.218. The van der Waals surface area contributed by atoms with Crippen molar-refractivity contribution in [2.24, 2.45) is 0 Å². The van der Waals surface area contributed by atoms with Gasteiger partial charge < -0.3 is 29.0 Å². The Balaban J connectivity index is 1.29. The third-order valence-electron chi connectivity index (χ3n) is 6.88. The average molecular weight is 531 g/mol. The Bertz CT molecular complexity index is 1050. The van der Waals surface area contributed by atoms with Crippen LogP contribution in [0.15, 0.2) is 42.5 Å². The van der Waals surface area contributed by atoms with E-state index in [1.807, 2.05) is 23.1 Å². The lowest BCUT2D eigenvalue weighted by molar-refractivity contribution is -0.130. The molecule has 0 bridgehead atoms. The van der Waals surface area contributed by atoms with Crippen LogP contribution in [0.1, 0.15) is 37.7 Å². The molecule has 9 heteroatoms. The number of carbonyl (C=O) groups is 1. The van der Waals surface area contributed by atoms with E-state index < -0.39 is 5.60 Å². The molecule has 2 fully saturated rings. The zero-order chi connectivity index (χ0) is 26.8. The standard InChI is InChI=1S/C29H39FN2O6/c1-35-27-17-23(10-11-26(27)37-15-6-13-32-12-4-2-3-9-28(32)33)19-31-14-16-36-21-29(34,20-31)22-38-25-8-5-7-24(30)18-25/h5,7-8,10-11,17-18,34H,2-4,6,9,12-16,19-22H2,1H3/t29-/m1/s1. The molecule has 208 valence electrons. The number of hydrogen-bond donors (Lipinski definition) is 1. The van der Waals surface area contributed by atoms with Gasteiger partial charge in [0.2, 0.25) is 5.91 Å². The summed E-state index contributed by atoms with van der Waals surface area (Å²) in [7, 11) is 1.62. The summed E-state index contributed by atoms with van der Waals surface area (Å²) in [6.07, 6.45) is 4.59. The summed E-state index contributed by atoms with van der Waals surface area (Å²) in [5, 5.41) is 11.2. The fourth-order valence-electron chi connectivity index (χ4n) is 4.89. The van der Waals surface area contributed by atoms with Crippen molar-refractivity contribution in [2.75, 3.05) is 59.7 Å². The van der Waals surface area contributed by atoms with Gasteiger partial charge >= 0.3 is 0 Å². The Hall–Kier alpha value is -2.88. The molecule has 2 aliphatic rings. The molecule has 0 unspecified atom stereocenters. The summed E-state index contributed by atoms with van der Waals surface area (Å²) in [6.45, 7) is 4.24. The number of β-amino-alcohol motifs (C(OH)–C–C–N with tert-alkyl or cyclic N) is 1. The molecule has 8 nitrogen and oxygen atoms in total. The molecule has 4 rings (SSSR count). The van der Waals surface area contributed by atoms with Gasteiger partial charge in [-0.15, -0.1) is 0 Å². The molecule has 1 N–H and O–H groups in total. The Kier molecular flexibility index (Phi) is 10.2. The van der Waals surface area contributed by atoms with Crippen molar-refractivity contribution in [2.45, 2.75) is 44.2 Å². The van der Waals surface area contributed by atoms with Crippen molar-refractivity contribution in [3.05, 3.63) is 53.8 Å². The van der Waals surface area contributed by atoms with E-state index in [2.05, 4.69) is 4.90 Å². The zero-order valence-corrected chi connectivity index (χ0v) is 22.2. The summed E-state index contributed by atoms with van der Waals surface area (Å²) in [6, 6.07) is 11.7. The minimum absolute atomic E-state index is 0.00786. The van der Waals surface area contributed by atoms with Gasteiger partial charge in [0.15, 0.2) is 11.5 Å². The molecule has 0 radical (unpaired) electrons. The number of ether oxygens (including phenoxy) is 4. The van der Waals surface area contributed by atoms with Crippen LogP contribution in [0.3, 0.4) is 0 Å². The molecule has 2 aromatic rings. The number of benzene rings is 2. The van der Waals surface area contributed by atoms with E-state index in [0.29, 0.717) is 63.1 Å². The molecule has 0 aromatic heterocycles. The van der Waals surface area contributed by atoms with Gasteiger partial charge in [0, 0.05) is 45.2 Å². The van der Waals surface area contributed by atoms with Crippen LogP contribution in [0.2, 0.25) is 0 Å². The summed E-state index contributed by atoms with van der Waals surface area (Å²) in [4.78, 5) is 16.2. The monoisotopic (exact) mass is 530 g/mol. The van der Waals surface area contributed by atoms with Crippen LogP contribution in [-0.4, -0.2) is 86.1 Å². The Labute approximate surface area is 224 Å². The fourth-order valence-corrected chi connectivity index (χ4v) is 4.89. The van der Waals surface area contributed by atoms with E-state index >= 15 is 0 Å². The van der Waals surface area contributed by atoms with Crippen molar-refractivity contribution in [1.29, 1.82) is 0 Å². The molecule has 0 saturated carbocycles. The first kappa shape index (κ1) is 28.1. The van der Waals surface area contributed by atoms with Crippen molar-refractivity contribution in [3.63, 3.8) is 0 Å². The van der Waals surface area contributed by atoms with Gasteiger partial charge in [-0.3, -0.25) is 9.69 Å². The molecular formula is C29H39FN2O6. The molecule has 1 atom stereocenters. The zero-order valence-electron chi connectivity index (χ0n) is 22.2. The van der Waals surface area contributed by atoms with E-state index in [-0.39, 0.29) is 24.9 Å². The van der Waals surface area contributed by atoms with E-state index in [1.54, 1.807) is 19.2 Å². The second-order valence-corrected chi connectivity index (χ2v) is 10.1. The Morgan fingerprint density at radius 3 is 2.82 bits per heavy atom. The van der Waals surface area contributed by atoms with Crippen LogP contribution in [0.4, 0.5) is 4.39 Å². The normalized spacial score (nSPS) is 21.0. The van der Waals surface area contributed by atoms with Gasteiger partial charge in [0.1, 0.15) is 23.8 Å². The lowest BCUT2D eigenvalue weighted by Crippen LogP contribution is -2.48. The number of aliphatic hydroxyl groups is 1. The summed E-state index contributed by atoms with van der Waals surface area (Å²) in [5.74, 6) is 1.53. The highest BCUT2D eigenvalue weighted by molar-refractivity contribution is 5.76. The number of likely N-dealkylation sites (tertiary alicyclic amines) is 1. The first-order chi connectivity index (χ1) is 18.4. The molecular weight excluding hydrogens is 491 g/mol. The van der Waals surface area contributed by atoms with Gasteiger partial charge in [-0.1, -0.05) is 18.6 Å². The number of rotatable bonds is 11. The Morgan fingerprint density at radius 1 is 1.08 bits per heavy atom. The summed E-state index contributed by atoms with van der Waals surface area (Å²) < 4.78 is 36.4. The highest BCUT2D eigenvalue weighted by Gasteiger charge is 2.33. The highest BCUT2D eigenvalue weighted by atomic mass is 19.1. The second-order valence-electron chi connectivity index (χ2n) is 10.1. The molecule has 1 amide bonds. The molecule has 0 aliphatic carbocycles. The van der Waals surface area contributed by atoms with E-state index in [9.17, 15) is 14.3 Å². The van der Waals surface area contributed by atoms with Crippen LogP contribution in [0.25, 0.3) is 0 Å².